The molecule has 0 bridgehead atoms. The van der Waals surface area contributed by atoms with Crippen molar-refractivity contribution in [1.29, 1.82) is 0 Å². The fourth-order valence-corrected chi connectivity index (χ4v) is 2.91. The highest BCUT2D eigenvalue weighted by Gasteiger charge is 2.33. The van der Waals surface area contributed by atoms with E-state index in [0.29, 0.717) is 23.8 Å². The van der Waals surface area contributed by atoms with Crippen molar-refractivity contribution >= 4 is 34.6 Å². The number of rotatable bonds is 5. The van der Waals surface area contributed by atoms with Gasteiger partial charge in [0, 0.05) is 6.04 Å². The van der Waals surface area contributed by atoms with Crippen LogP contribution in [0.15, 0.2) is 12.1 Å². The molecule has 6 nitrogen and oxygen atoms in total. The van der Waals surface area contributed by atoms with Crippen molar-refractivity contribution in [3.8, 4) is 0 Å². The lowest BCUT2D eigenvalue weighted by Crippen LogP contribution is -2.38. The molecule has 142 valence electrons. The number of amides is 1. The highest BCUT2D eigenvalue weighted by Crippen LogP contribution is 2.37. The number of nitrogens with zero attached hydrogens (tertiary/aromatic N) is 3. The molecule has 2 heterocycles. The molecule has 0 unspecified atom stereocenters. The summed E-state index contributed by atoms with van der Waals surface area (Å²) in [6.45, 7) is 10.0. The molecule has 3 rings (SSSR count). The van der Waals surface area contributed by atoms with Crippen LogP contribution in [0, 0.1) is 5.41 Å². The molecule has 0 aromatic carbocycles. The van der Waals surface area contributed by atoms with Gasteiger partial charge in [-0.3, -0.25) is 14.7 Å². The van der Waals surface area contributed by atoms with Gasteiger partial charge in [0.25, 0.3) is 0 Å². The quantitative estimate of drug-likeness (QED) is 0.772. The lowest BCUT2D eigenvalue weighted by Gasteiger charge is -2.30. The van der Waals surface area contributed by atoms with Gasteiger partial charge in [-0.15, -0.1) is 0 Å². The first-order valence-corrected chi connectivity index (χ1v) is 9.44. The minimum absolute atomic E-state index is 0.122. The number of carbonyl (C=O) groups is 1. The van der Waals surface area contributed by atoms with Crippen LogP contribution in [0.4, 0.5) is 5.95 Å². The largest absolute Gasteiger partial charge is 0.375 e. The van der Waals surface area contributed by atoms with Gasteiger partial charge in [-0.05, 0) is 66.0 Å². The van der Waals surface area contributed by atoms with Crippen molar-refractivity contribution in [3.63, 3.8) is 0 Å². The summed E-state index contributed by atoms with van der Waals surface area (Å²) in [5.41, 5.74) is 0.486. The van der Waals surface area contributed by atoms with E-state index in [4.69, 9.17) is 16.3 Å². The van der Waals surface area contributed by atoms with Crippen LogP contribution in [0.1, 0.15) is 59.9 Å². The van der Waals surface area contributed by atoms with E-state index < -0.39 is 5.41 Å². The van der Waals surface area contributed by atoms with Crippen molar-refractivity contribution in [1.82, 2.24) is 14.5 Å². The predicted octanol–water partition coefficient (Wildman–Crippen LogP) is 4.59. The minimum atomic E-state index is -0.680. The third-order valence-corrected chi connectivity index (χ3v) is 4.86. The van der Waals surface area contributed by atoms with Crippen LogP contribution in [-0.4, -0.2) is 32.7 Å². The molecule has 1 N–H and O–H groups in total. The zero-order chi connectivity index (χ0) is 19.1. The number of hydrogen-bond donors (Lipinski definition) is 1. The summed E-state index contributed by atoms with van der Waals surface area (Å²) in [5, 5.41) is 3.42. The Morgan fingerprint density at radius 1 is 1.27 bits per heavy atom. The number of aromatic nitrogens is 3. The summed E-state index contributed by atoms with van der Waals surface area (Å²) in [5.74, 6) is 0.414. The number of halogens is 1. The number of imidazole rings is 1. The molecule has 2 aromatic rings. The molecule has 26 heavy (non-hydrogen) atoms. The van der Waals surface area contributed by atoms with E-state index >= 15 is 0 Å². The maximum atomic E-state index is 12.9. The highest BCUT2D eigenvalue weighted by molar-refractivity contribution is 6.29. The molecule has 2 aromatic heterocycles. The summed E-state index contributed by atoms with van der Waals surface area (Å²) in [6, 6.07) is 3.85. The molecule has 1 amide bonds. The monoisotopic (exact) mass is 378 g/mol. The number of fused-ring (bicyclic) bond motifs is 1. The Bertz CT molecular complexity index is 819. The average molecular weight is 379 g/mol. The molecule has 7 heteroatoms. The van der Waals surface area contributed by atoms with E-state index in [1.54, 1.807) is 6.07 Å². The zero-order valence-corrected chi connectivity index (χ0v) is 16.9. The first kappa shape index (κ1) is 19.1. The van der Waals surface area contributed by atoms with Gasteiger partial charge in [0.2, 0.25) is 11.9 Å². The Morgan fingerprint density at radius 2 is 1.96 bits per heavy atom. The fraction of sp³-hybridized carbons (Fsp3) is 0.632. The first-order chi connectivity index (χ1) is 12.1. The molecular formula is C19H27ClN4O2. The van der Waals surface area contributed by atoms with Gasteiger partial charge in [-0.25, -0.2) is 9.97 Å². The summed E-state index contributed by atoms with van der Waals surface area (Å²) >= 11 is 6.07. The second-order valence-electron chi connectivity index (χ2n) is 8.61. The Balaban J connectivity index is 1.87. The normalized spacial score (nSPS) is 15.9. The maximum Gasteiger partial charge on any atom is 0.234 e. The number of ether oxygens (including phenoxy) is 1. The van der Waals surface area contributed by atoms with Gasteiger partial charge >= 0.3 is 0 Å². The smallest absolute Gasteiger partial charge is 0.234 e. The number of nitrogens with one attached hydrogen (secondary N) is 1. The summed E-state index contributed by atoms with van der Waals surface area (Å²) in [7, 11) is 0. The van der Waals surface area contributed by atoms with Gasteiger partial charge in [-0.2, -0.15) is 0 Å². The van der Waals surface area contributed by atoms with E-state index in [1.807, 2.05) is 45.3 Å². The summed E-state index contributed by atoms with van der Waals surface area (Å²) < 4.78 is 7.84. The van der Waals surface area contributed by atoms with Gasteiger partial charge < -0.3 is 4.74 Å². The third-order valence-electron chi connectivity index (χ3n) is 4.65. The van der Waals surface area contributed by atoms with Gasteiger partial charge in [0.05, 0.1) is 17.6 Å². The number of anilines is 1. The summed E-state index contributed by atoms with van der Waals surface area (Å²) in [4.78, 5) is 21.9. The van der Waals surface area contributed by atoms with E-state index in [1.165, 1.54) is 6.42 Å². The predicted molar refractivity (Wildman–Crippen MR) is 104 cm³/mol. The van der Waals surface area contributed by atoms with Crippen molar-refractivity contribution < 1.29 is 9.53 Å². The van der Waals surface area contributed by atoms with E-state index in [-0.39, 0.29) is 11.5 Å². The Kier molecular flexibility index (Phi) is 5.01. The van der Waals surface area contributed by atoms with Crippen molar-refractivity contribution in [2.24, 2.45) is 5.41 Å². The molecule has 0 spiro atoms. The molecule has 0 saturated heterocycles. The topological polar surface area (TPSA) is 69.0 Å². The zero-order valence-electron chi connectivity index (χ0n) is 16.1. The first-order valence-electron chi connectivity index (χ1n) is 9.07. The van der Waals surface area contributed by atoms with Crippen LogP contribution < -0.4 is 5.32 Å². The van der Waals surface area contributed by atoms with E-state index in [9.17, 15) is 4.79 Å². The fourth-order valence-electron chi connectivity index (χ4n) is 2.76. The molecule has 1 aliphatic rings. The Hall–Kier alpha value is -1.66. The third kappa shape index (κ3) is 4.01. The van der Waals surface area contributed by atoms with Crippen molar-refractivity contribution in [2.45, 2.75) is 65.5 Å². The molecule has 1 saturated carbocycles. The van der Waals surface area contributed by atoms with Gasteiger partial charge in [-0.1, -0.05) is 11.6 Å². The van der Waals surface area contributed by atoms with Crippen LogP contribution in [0.2, 0.25) is 5.15 Å². The van der Waals surface area contributed by atoms with Crippen LogP contribution in [-0.2, 0) is 9.53 Å². The van der Waals surface area contributed by atoms with E-state index in [0.717, 1.165) is 24.0 Å². The second kappa shape index (κ2) is 6.82. The van der Waals surface area contributed by atoms with Crippen LogP contribution >= 0.6 is 11.6 Å². The minimum Gasteiger partial charge on any atom is -0.375 e. The van der Waals surface area contributed by atoms with Crippen molar-refractivity contribution in [2.75, 3.05) is 11.9 Å². The second-order valence-corrected chi connectivity index (χ2v) is 8.99. The molecule has 0 radical (unpaired) electrons. The lowest BCUT2D eigenvalue weighted by molar-refractivity contribution is -0.130. The Labute approximate surface area is 159 Å². The SMILES string of the molecule is CC(C)(C)OCC(C)(C)C(=O)Nc1nc2ccc(Cl)nc2n1C1CCC1. The molecule has 0 atom stereocenters. The average Bonchev–Trinajstić information content (AvgIpc) is 2.81. The molecular weight excluding hydrogens is 352 g/mol. The van der Waals surface area contributed by atoms with Crippen LogP contribution in [0.25, 0.3) is 11.2 Å². The Morgan fingerprint density at radius 3 is 2.54 bits per heavy atom. The van der Waals surface area contributed by atoms with Crippen LogP contribution in [0.5, 0.6) is 0 Å². The maximum absolute atomic E-state index is 12.9. The van der Waals surface area contributed by atoms with Gasteiger partial charge in [0.15, 0.2) is 5.65 Å². The van der Waals surface area contributed by atoms with Crippen molar-refractivity contribution in [3.05, 3.63) is 17.3 Å². The summed E-state index contributed by atoms with van der Waals surface area (Å²) in [6.07, 6.45) is 3.28. The lowest BCUT2D eigenvalue weighted by atomic mass is 9.92. The van der Waals surface area contributed by atoms with Gasteiger partial charge in [0.1, 0.15) is 10.7 Å². The molecule has 1 aliphatic carbocycles. The highest BCUT2D eigenvalue weighted by atomic mass is 35.5. The number of pyridine rings is 1. The van der Waals surface area contributed by atoms with E-state index in [2.05, 4.69) is 15.3 Å². The number of carbonyl (C=O) groups excluding carboxylic acids is 1. The molecule has 0 aliphatic heterocycles. The number of hydrogen-bond acceptors (Lipinski definition) is 4. The standard InChI is InChI=1S/C19H27ClN4O2/c1-18(2,3)26-11-19(4,5)16(25)23-17-21-13-9-10-14(20)22-15(13)24(17)12-7-6-8-12/h9-10,12H,6-8,11H2,1-5H3,(H,21,23,25). The molecule has 1 fully saturated rings. The van der Waals surface area contributed by atoms with Crippen LogP contribution in [0.3, 0.4) is 0 Å².